The fraction of sp³-hybridized carbons (Fsp3) is 0.143. The van der Waals surface area contributed by atoms with Gasteiger partial charge in [-0.1, -0.05) is 0 Å². The SMILES string of the molecule is O=C(O)c1ccc(OC(F)(F)F)c(F)n1. The fourth-order valence-electron chi connectivity index (χ4n) is 0.741. The number of ether oxygens (including phenoxy) is 1. The molecule has 1 aromatic heterocycles. The van der Waals surface area contributed by atoms with E-state index in [4.69, 9.17) is 5.11 Å². The Morgan fingerprint density at radius 2 is 2.00 bits per heavy atom. The zero-order valence-electron chi connectivity index (χ0n) is 6.88. The molecule has 0 aliphatic rings. The van der Waals surface area contributed by atoms with Gasteiger partial charge in [-0.05, 0) is 12.1 Å². The number of aromatic carboxylic acids is 1. The Labute approximate surface area is 80.1 Å². The van der Waals surface area contributed by atoms with Crippen LogP contribution in [0, 0.1) is 5.95 Å². The molecule has 1 aromatic rings. The van der Waals surface area contributed by atoms with E-state index in [1.165, 1.54) is 0 Å². The van der Waals surface area contributed by atoms with Crippen molar-refractivity contribution in [2.24, 2.45) is 0 Å². The van der Waals surface area contributed by atoms with E-state index in [2.05, 4.69) is 9.72 Å². The minimum absolute atomic E-state index is 0.541. The van der Waals surface area contributed by atoms with Crippen LogP contribution < -0.4 is 4.74 Å². The second-order valence-electron chi connectivity index (χ2n) is 2.34. The molecule has 0 aromatic carbocycles. The molecule has 0 amide bonds. The molecule has 0 saturated carbocycles. The van der Waals surface area contributed by atoms with Crippen LogP contribution >= 0.6 is 0 Å². The van der Waals surface area contributed by atoms with Gasteiger partial charge in [0.05, 0.1) is 0 Å². The van der Waals surface area contributed by atoms with Crippen molar-refractivity contribution in [1.29, 1.82) is 0 Å². The topological polar surface area (TPSA) is 59.4 Å². The fourth-order valence-corrected chi connectivity index (χ4v) is 0.741. The Balaban J connectivity index is 2.99. The van der Waals surface area contributed by atoms with E-state index in [0.717, 1.165) is 0 Å². The van der Waals surface area contributed by atoms with E-state index < -0.39 is 29.7 Å². The number of alkyl halides is 3. The van der Waals surface area contributed by atoms with Crippen LogP contribution in [-0.2, 0) is 0 Å². The molecule has 0 fully saturated rings. The summed E-state index contributed by atoms with van der Waals surface area (Å²) in [5.74, 6) is -4.35. The van der Waals surface area contributed by atoms with E-state index in [0.29, 0.717) is 12.1 Å². The molecule has 1 rings (SSSR count). The molecule has 1 N–H and O–H groups in total. The van der Waals surface area contributed by atoms with Crippen molar-refractivity contribution in [1.82, 2.24) is 4.98 Å². The molecule has 0 aliphatic carbocycles. The highest BCUT2D eigenvalue weighted by atomic mass is 19.4. The third-order valence-corrected chi connectivity index (χ3v) is 1.26. The van der Waals surface area contributed by atoms with E-state index in [9.17, 15) is 22.4 Å². The summed E-state index contributed by atoms with van der Waals surface area (Å²) < 4.78 is 50.9. The highest BCUT2D eigenvalue weighted by Gasteiger charge is 2.32. The van der Waals surface area contributed by atoms with Gasteiger partial charge in [0.1, 0.15) is 0 Å². The monoisotopic (exact) mass is 225 g/mol. The first-order chi connectivity index (χ1) is 6.79. The van der Waals surface area contributed by atoms with E-state index in [1.54, 1.807) is 0 Å². The number of carbonyl (C=O) groups is 1. The lowest BCUT2D eigenvalue weighted by Gasteiger charge is -2.08. The van der Waals surface area contributed by atoms with Crippen LogP contribution in [-0.4, -0.2) is 22.4 Å². The average Bonchev–Trinajstić information content (AvgIpc) is 2.05. The highest BCUT2D eigenvalue weighted by Crippen LogP contribution is 2.24. The van der Waals surface area contributed by atoms with Gasteiger partial charge in [-0.15, -0.1) is 13.2 Å². The normalized spacial score (nSPS) is 11.2. The molecule has 0 aliphatic heterocycles. The maximum Gasteiger partial charge on any atom is 0.573 e. The Morgan fingerprint density at radius 1 is 1.40 bits per heavy atom. The summed E-state index contributed by atoms with van der Waals surface area (Å²) >= 11 is 0. The minimum atomic E-state index is -5.05. The predicted molar refractivity (Wildman–Crippen MR) is 37.8 cm³/mol. The summed E-state index contributed by atoms with van der Waals surface area (Å²) in [7, 11) is 0. The van der Waals surface area contributed by atoms with Crippen molar-refractivity contribution in [3.8, 4) is 5.75 Å². The van der Waals surface area contributed by atoms with Crippen LogP contribution in [0.4, 0.5) is 17.6 Å². The Morgan fingerprint density at radius 3 is 2.40 bits per heavy atom. The first kappa shape index (κ1) is 11.2. The lowest BCUT2D eigenvalue weighted by Crippen LogP contribution is -2.18. The zero-order chi connectivity index (χ0) is 11.6. The number of halogens is 4. The Hall–Kier alpha value is -1.86. The Bertz CT molecular complexity index is 390. The van der Waals surface area contributed by atoms with Gasteiger partial charge in [-0.2, -0.15) is 4.39 Å². The van der Waals surface area contributed by atoms with Gasteiger partial charge in [-0.25, -0.2) is 9.78 Å². The number of carboxylic acids is 1. The summed E-state index contributed by atoms with van der Waals surface area (Å²) in [6, 6.07) is 1.24. The number of hydrogen-bond donors (Lipinski definition) is 1. The van der Waals surface area contributed by atoms with Crippen LogP contribution in [0.2, 0.25) is 0 Å². The van der Waals surface area contributed by atoms with Crippen molar-refractivity contribution < 1.29 is 32.2 Å². The maximum absolute atomic E-state index is 12.7. The molecule has 0 bridgehead atoms. The quantitative estimate of drug-likeness (QED) is 0.616. The van der Waals surface area contributed by atoms with E-state index in [-0.39, 0.29) is 0 Å². The third-order valence-electron chi connectivity index (χ3n) is 1.26. The maximum atomic E-state index is 12.7. The summed E-state index contributed by atoms with van der Waals surface area (Å²) in [4.78, 5) is 13.0. The van der Waals surface area contributed by atoms with Gasteiger partial charge in [0.2, 0.25) is 0 Å². The first-order valence-electron chi connectivity index (χ1n) is 3.45. The molecule has 0 saturated heterocycles. The van der Waals surface area contributed by atoms with Crippen molar-refractivity contribution in [3.63, 3.8) is 0 Å². The van der Waals surface area contributed by atoms with Crippen LogP contribution in [0.1, 0.15) is 10.5 Å². The van der Waals surface area contributed by atoms with Crippen LogP contribution in [0.5, 0.6) is 5.75 Å². The van der Waals surface area contributed by atoms with Crippen molar-refractivity contribution in [2.45, 2.75) is 6.36 Å². The molecular weight excluding hydrogens is 222 g/mol. The lowest BCUT2D eigenvalue weighted by molar-refractivity contribution is -0.275. The molecule has 4 nitrogen and oxygen atoms in total. The van der Waals surface area contributed by atoms with E-state index in [1.807, 2.05) is 0 Å². The first-order valence-corrected chi connectivity index (χ1v) is 3.45. The smallest absolute Gasteiger partial charge is 0.477 e. The molecule has 0 spiro atoms. The number of pyridine rings is 1. The minimum Gasteiger partial charge on any atom is -0.477 e. The molecule has 0 atom stereocenters. The number of hydrogen-bond acceptors (Lipinski definition) is 3. The van der Waals surface area contributed by atoms with E-state index >= 15 is 0 Å². The molecule has 8 heteroatoms. The van der Waals surface area contributed by atoms with Gasteiger partial charge in [0.15, 0.2) is 11.4 Å². The van der Waals surface area contributed by atoms with Crippen LogP contribution in [0.15, 0.2) is 12.1 Å². The average molecular weight is 225 g/mol. The van der Waals surface area contributed by atoms with Crippen LogP contribution in [0.25, 0.3) is 0 Å². The standard InChI is InChI=1S/C7H3F4NO3/c8-5-4(15-7(9,10)11)2-1-3(12-5)6(13)14/h1-2H,(H,13,14). The van der Waals surface area contributed by atoms with Gasteiger partial charge in [-0.3, -0.25) is 0 Å². The van der Waals surface area contributed by atoms with Gasteiger partial charge < -0.3 is 9.84 Å². The second-order valence-corrected chi connectivity index (χ2v) is 2.34. The molecule has 0 radical (unpaired) electrons. The predicted octanol–water partition coefficient (Wildman–Crippen LogP) is 1.82. The molecule has 15 heavy (non-hydrogen) atoms. The van der Waals surface area contributed by atoms with Gasteiger partial charge >= 0.3 is 12.3 Å². The third kappa shape index (κ3) is 3.08. The lowest BCUT2D eigenvalue weighted by atomic mass is 10.3. The molecule has 82 valence electrons. The van der Waals surface area contributed by atoms with Crippen molar-refractivity contribution in [3.05, 3.63) is 23.8 Å². The van der Waals surface area contributed by atoms with Gasteiger partial charge in [0.25, 0.3) is 5.95 Å². The number of carboxylic acid groups (broad SMARTS) is 1. The molecule has 1 heterocycles. The molecule has 0 unspecified atom stereocenters. The van der Waals surface area contributed by atoms with Gasteiger partial charge in [0, 0.05) is 0 Å². The molecular formula is C7H3F4NO3. The number of rotatable bonds is 2. The summed E-state index contributed by atoms with van der Waals surface area (Å²) in [5, 5.41) is 8.34. The largest absolute Gasteiger partial charge is 0.573 e. The van der Waals surface area contributed by atoms with Crippen LogP contribution in [0.3, 0.4) is 0 Å². The number of nitrogens with zero attached hydrogens (tertiary/aromatic N) is 1. The summed E-state index contributed by atoms with van der Waals surface area (Å²) in [6.45, 7) is 0. The Kier molecular flexibility index (Phi) is 2.78. The van der Waals surface area contributed by atoms with Crippen molar-refractivity contribution >= 4 is 5.97 Å². The second kappa shape index (κ2) is 3.71. The summed E-state index contributed by atoms with van der Waals surface area (Å²) in [5.41, 5.74) is -0.706. The number of aromatic nitrogens is 1. The zero-order valence-corrected chi connectivity index (χ0v) is 6.88. The van der Waals surface area contributed by atoms with Crippen molar-refractivity contribution in [2.75, 3.05) is 0 Å². The summed E-state index contributed by atoms with van der Waals surface area (Å²) in [6.07, 6.45) is -5.05. The highest BCUT2D eigenvalue weighted by molar-refractivity contribution is 5.85.